The lowest BCUT2D eigenvalue weighted by Gasteiger charge is -2.21. The largest absolute Gasteiger partial charge is 0.393 e. The molecule has 3 heterocycles. The van der Waals surface area contributed by atoms with Crippen molar-refractivity contribution in [2.45, 2.75) is 25.7 Å². The van der Waals surface area contributed by atoms with E-state index in [4.69, 9.17) is 9.63 Å². The van der Waals surface area contributed by atoms with Crippen LogP contribution in [-0.4, -0.2) is 66.6 Å². The van der Waals surface area contributed by atoms with Gasteiger partial charge in [-0.1, -0.05) is 17.0 Å². The molecule has 5 atom stereocenters. The zero-order valence-electron chi connectivity index (χ0n) is 18.7. The number of piperidine rings is 1. The first-order chi connectivity index (χ1) is 16.4. The van der Waals surface area contributed by atoms with E-state index in [1.165, 1.54) is 0 Å². The first-order valence-electron chi connectivity index (χ1n) is 11.3. The van der Waals surface area contributed by atoms with E-state index in [9.17, 15) is 15.0 Å². The summed E-state index contributed by atoms with van der Waals surface area (Å²) in [6.07, 6.45) is 1.46. The molecule has 5 rings (SSSR count). The molecule has 9 heteroatoms. The fourth-order valence-corrected chi connectivity index (χ4v) is 4.61. The topological polar surface area (TPSA) is 125 Å². The third-order valence-corrected chi connectivity index (χ3v) is 6.53. The minimum absolute atomic E-state index is 0.265. The van der Waals surface area contributed by atoms with Crippen molar-refractivity contribution in [1.82, 2.24) is 19.6 Å². The summed E-state index contributed by atoms with van der Waals surface area (Å²) in [5, 5.41) is 32.4. The van der Waals surface area contributed by atoms with Crippen molar-refractivity contribution in [3.8, 4) is 23.2 Å². The Morgan fingerprint density at radius 1 is 1.24 bits per heavy atom. The normalized spacial score (nSPS) is 22.6. The highest BCUT2D eigenvalue weighted by atomic mass is 16.5. The molecule has 3 N–H and O–H groups in total. The van der Waals surface area contributed by atoms with Crippen LogP contribution in [0.2, 0.25) is 0 Å². The predicted octanol–water partition coefficient (Wildman–Crippen LogP) is 1.05. The molecule has 1 saturated carbocycles. The molecule has 1 aliphatic heterocycles. The molecule has 34 heavy (non-hydrogen) atoms. The number of carbonyl (C=O) groups is 1. The molecular weight excluding hydrogens is 436 g/mol. The molecule has 1 aliphatic carbocycles. The summed E-state index contributed by atoms with van der Waals surface area (Å²) in [5.41, 5.74) is 2.53. The summed E-state index contributed by atoms with van der Waals surface area (Å²) in [6.45, 7) is 2.76. The fraction of sp³-hybridized carbons (Fsp3) is 0.400. The molecule has 9 nitrogen and oxygen atoms in total. The van der Waals surface area contributed by atoms with Crippen LogP contribution in [-0.2, 0) is 11.3 Å². The zero-order chi connectivity index (χ0) is 23.8. The van der Waals surface area contributed by atoms with Gasteiger partial charge in [-0.3, -0.25) is 4.79 Å². The Balaban J connectivity index is 1.18. The number of aliphatic hydroxyl groups is 3. The SMILES string of the molecule is C[C@H](O)c1nccn1Cc1cc(-c2ccc(C#C[C@@H]3[C@H]4CN(C(=O)C(O)CO)C[C@@H]34)cc2)on1. The van der Waals surface area contributed by atoms with Gasteiger partial charge in [-0.05, 0) is 43.0 Å². The first kappa shape index (κ1) is 22.3. The number of aromatic nitrogens is 3. The summed E-state index contributed by atoms with van der Waals surface area (Å²) in [4.78, 5) is 17.7. The molecule has 2 fully saturated rings. The number of likely N-dealkylation sites (tertiary alicyclic amines) is 1. The first-order valence-corrected chi connectivity index (χ1v) is 11.3. The number of aliphatic hydroxyl groups excluding tert-OH is 3. The number of rotatable bonds is 6. The number of carbonyl (C=O) groups excluding carboxylic acids is 1. The standard InChI is InChI=1S/C25H26N4O5/c1-15(31)24-26-8-9-28(24)11-18-10-23(34-27-18)17-5-2-16(3-6-17)4-7-19-20-12-29(13-21(19)20)25(33)22(32)14-30/h2-3,5-6,8-10,15,19-22,30-32H,11-14H2,1H3/t15-,19-,20-,21+,22?/m0/s1. The highest BCUT2D eigenvalue weighted by Gasteiger charge is 2.56. The summed E-state index contributed by atoms with van der Waals surface area (Å²) in [7, 11) is 0. The molecule has 176 valence electrons. The van der Waals surface area contributed by atoms with E-state index < -0.39 is 24.7 Å². The lowest BCUT2D eigenvalue weighted by atomic mass is 10.1. The van der Waals surface area contributed by atoms with Crippen molar-refractivity contribution in [2.24, 2.45) is 17.8 Å². The summed E-state index contributed by atoms with van der Waals surface area (Å²) < 4.78 is 7.34. The molecular formula is C25H26N4O5. The minimum atomic E-state index is -1.33. The van der Waals surface area contributed by atoms with Crippen LogP contribution in [0, 0.1) is 29.6 Å². The number of imidazole rings is 1. The predicted molar refractivity (Wildman–Crippen MR) is 121 cm³/mol. The summed E-state index contributed by atoms with van der Waals surface area (Å²) in [5.74, 6) is 8.32. The van der Waals surface area contributed by atoms with Gasteiger partial charge in [0.15, 0.2) is 11.9 Å². The molecule has 1 unspecified atom stereocenters. The van der Waals surface area contributed by atoms with Crippen molar-refractivity contribution in [3.63, 3.8) is 0 Å². The second-order valence-corrected chi connectivity index (χ2v) is 8.91. The van der Waals surface area contributed by atoms with E-state index in [1.54, 1.807) is 24.2 Å². The van der Waals surface area contributed by atoms with Gasteiger partial charge in [-0.25, -0.2) is 4.98 Å². The lowest BCUT2D eigenvalue weighted by molar-refractivity contribution is -0.141. The Morgan fingerprint density at radius 3 is 2.65 bits per heavy atom. The highest BCUT2D eigenvalue weighted by molar-refractivity contribution is 5.81. The van der Waals surface area contributed by atoms with Gasteiger partial charge < -0.3 is 29.3 Å². The summed E-state index contributed by atoms with van der Waals surface area (Å²) in [6, 6.07) is 9.64. The second kappa shape index (κ2) is 9.06. The van der Waals surface area contributed by atoms with Gasteiger partial charge in [-0.15, -0.1) is 0 Å². The second-order valence-electron chi connectivity index (χ2n) is 8.91. The van der Waals surface area contributed by atoms with Gasteiger partial charge in [0.1, 0.15) is 17.6 Å². The van der Waals surface area contributed by atoms with E-state index >= 15 is 0 Å². The van der Waals surface area contributed by atoms with Crippen molar-refractivity contribution >= 4 is 5.91 Å². The maximum absolute atomic E-state index is 12.0. The Morgan fingerprint density at radius 2 is 1.97 bits per heavy atom. The van der Waals surface area contributed by atoms with Gasteiger partial charge in [0.05, 0.1) is 13.2 Å². The molecule has 0 bridgehead atoms. The number of amides is 1. The van der Waals surface area contributed by atoms with Crippen LogP contribution < -0.4 is 0 Å². The lowest BCUT2D eigenvalue weighted by Crippen LogP contribution is -2.40. The van der Waals surface area contributed by atoms with Gasteiger partial charge in [0.2, 0.25) is 0 Å². The average molecular weight is 463 g/mol. The Hall–Kier alpha value is -3.45. The van der Waals surface area contributed by atoms with Crippen molar-refractivity contribution in [3.05, 3.63) is 59.8 Å². The van der Waals surface area contributed by atoms with Crippen LogP contribution in [0.4, 0.5) is 0 Å². The molecule has 0 spiro atoms. The number of hydrogen-bond donors (Lipinski definition) is 3. The molecule has 3 aromatic rings. The third-order valence-electron chi connectivity index (χ3n) is 6.53. The van der Waals surface area contributed by atoms with Crippen molar-refractivity contribution in [2.75, 3.05) is 19.7 Å². The minimum Gasteiger partial charge on any atom is -0.393 e. The molecule has 1 saturated heterocycles. The quantitative estimate of drug-likeness (QED) is 0.468. The van der Waals surface area contributed by atoms with Crippen LogP contribution >= 0.6 is 0 Å². The zero-order valence-corrected chi connectivity index (χ0v) is 18.7. The maximum atomic E-state index is 12.0. The smallest absolute Gasteiger partial charge is 0.253 e. The van der Waals surface area contributed by atoms with E-state index in [1.807, 2.05) is 34.9 Å². The van der Waals surface area contributed by atoms with Crippen LogP contribution in [0.25, 0.3) is 11.3 Å². The van der Waals surface area contributed by atoms with E-state index in [-0.39, 0.29) is 5.92 Å². The van der Waals surface area contributed by atoms with Crippen LogP contribution in [0.3, 0.4) is 0 Å². The van der Waals surface area contributed by atoms with Crippen molar-refractivity contribution < 1.29 is 24.6 Å². The van der Waals surface area contributed by atoms with E-state index in [0.717, 1.165) is 16.8 Å². The molecule has 2 aromatic heterocycles. The van der Waals surface area contributed by atoms with Gasteiger partial charge in [0, 0.05) is 48.6 Å². The Kier molecular flexibility index (Phi) is 5.96. The van der Waals surface area contributed by atoms with E-state index in [2.05, 4.69) is 22.0 Å². The number of fused-ring (bicyclic) bond motifs is 1. The maximum Gasteiger partial charge on any atom is 0.253 e. The van der Waals surface area contributed by atoms with Crippen molar-refractivity contribution in [1.29, 1.82) is 0 Å². The van der Waals surface area contributed by atoms with Crippen LogP contribution in [0.5, 0.6) is 0 Å². The van der Waals surface area contributed by atoms with Gasteiger partial charge in [0.25, 0.3) is 5.91 Å². The fourth-order valence-electron chi connectivity index (χ4n) is 4.61. The van der Waals surface area contributed by atoms with Crippen LogP contribution in [0.1, 0.15) is 30.1 Å². The highest BCUT2D eigenvalue weighted by Crippen LogP contribution is 2.51. The Bertz CT molecular complexity index is 1220. The third kappa shape index (κ3) is 4.35. The summed E-state index contributed by atoms with van der Waals surface area (Å²) >= 11 is 0. The van der Waals surface area contributed by atoms with Crippen LogP contribution in [0.15, 0.2) is 47.2 Å². The van der Waals surface area contributed by atoms with Gasteiger partial charge in [-0.2, -0.15) is 0 Å². The average Bonchev–Trinajstić information content (AvgIpc) is 3.34. The molecule has 1 aromatic carbocycles. The number of benzene rings is 1. The number of nitrogens with zero attached hydrogens (tertiary/aromatic N) is 4. The molecule has 0 radical (unpaired) electrons. The Labute approximate surface area is 196 Å². The van der Waals surface area contributed by atoms with E-state index in [0.29, 0.717) is 43.1 Å². The molecule has 1 amide bonds. The molecule has 2 aliphatic rings. The monoisotopic (exact) mass is 462 g/mol. The number of hydrogen-bond acceptors (Lipinski definition) is 7. The van der Waals surface area contributed by atoms with Gasteiger partial charge >= 0.3 is 0 Å².